The molecular weight excluding hydrogens is 240 g/mol. The first kappa shape index (κ1) is 13.2. The summed E-state index contributed by atoms with van der Waals surface area (Å²) in [4.78, 5) is 6.92. The van der Waals surface area contributed by atoms with E-state index in [4.69, 9.17) is 0 Å². The van der Waals surface area contributed by atoms with Gasteiger partial charge in [-0.2, -0.15) is 0 Å². The predicted octanol–water partition coefficient (Wildman–Crippen LogP) is 4.12. The summed E-state index contributed by atoms with van der Waals surface area (Å²) in [5, 5.41) is 3.63. The van der Waals surface area contributed by atoms with Crippen molar-refractivity contribution in [1.82, 2.24) is 10.3 Å². The van der Waals surface area contributed by atoms with Crippen molar-refractivity contribution in [3.63, 3.8) is 0 Å². The number of hydrogen-bond acceptors (Lipinski definition) is 3. The van der Waals surface area contributed by atoms with Crippen molar-refractivity contribution in [1.29, 1.82) is 0 Å². The van der Waals surface area contributed by atoms with E-state index in [0.29, 0.717) is 12.1 Å². The standard InChI is InChI=1S/C15H20N2S/c1-4-14-5-6-15(18-14)12(3)17-11(2)13-7-9-16-10-8-13/h5-12,17H,4H2,1-3H3. The highest BCUT2D eigenvalue weighted by molar-refractivity contribution is 7.12. The lowest BCUT2D eigenvalue weighted by molar-refractivity contribution is 0.500. The van der Waals surface area contributed by atoms with Gasteiger partial charge < -0.3 is 5.32 Å². The lowest BCUT2D eigenvalue weighted by Crippen LogP contribution is -2.21. The number of aryl methyl sites for hydroxylation is 1. The Kier molecular flexibility index (Phi) is 4.50. The van der Waals surface area contributed by atoms with Gasteiger partial charge in [0.25, 0.3) is 0 Å². The second-order valence-corrected chi connectivity index (χ2v) is 5.75. The Morgan fingerprint density at radius 1 is 1.11 bits per heavy atom. The van der Waals surface area contributed by atoms with E-state index in [2.05, 4.69) is 55.3 Å². The number of aromatic nitrogens is 1. The van der Waals surface area contributed by atoms with Crippen LogP contribution in [-0.4, -0.2) is 4.98 Å². The Bertz CT molecular complexity index is 478. The van der Waals surface area contributed by atoms with E-state index in [9.17, 15) is 0 Å². The van der Waals surface area contributed by atoms with Crippen LogP contribution in [0.4, 0.5) is 0 Å². The highest BCUT2D eigenvalue weighted by Gasteiger charge is 2.12. The van der Waals surface area contributed by atoms with Gasteiger partial charge >= 0.3 is 0 Å². The van der Waals surface area contributed by atoms with Crippen LogP contribution in [0.3, 0.4) is 0 Å². The molecule has 0 aliphatic heterocycles. The van der Waals surface area contributed by atoms with Gasteiger partial charge in [-0.3, -0.25) is 4.98 Å². The van der Waals surface area contributed by atoms with Crippen LogP contribution >= 0.6 is 11.3 Å². The van der Waals surface area contributed by atoms with Crippen LogP contribution in [0.1, 0.15) is 48.2 Å². The molecule has 0 amide bonds. The molecule has 0 aliphatic rings. The van der Waals surface area contributed by atoms with Gasteiger partial charge in [0.1, 0.15) is 0 Å². The van der Waals surface area contributed by atoms with Gasteiger partial charge in [0.05, 0.1) is 0 Å². The SMILES string of the molecule is CCc1ccc(C(C)NC(C)c2ccncc2)s1. The minimum Gasteiger partial charge on any atom is -0.303 e. The molecule has 2 nitrogen and oxygen atoms in total. The Morgan fingerprint density at radius 3 is 2.44 bits per heavy atom. The van der Waals surface area contributed by atoms with Crippen LogP contribution in [0.2, 0.25) is 0 Å². The molecule has 0 saturated carbocycles. The van der Waals surface area contributed by atoms with Crippen molar-refractivity contribution in [3.8, 4) is 0 Å². The lowest BCUT2D eigenvalue weighted by Gasteiger charge is -2.19. The molecule has 2 rings (SSSR count). The van der Waals surface area contributed by atoms with Crippen LogP contribution in [0.25, 0.3) is 0 Å². The molecule has 2 heterocycles. The van der Waals surface area contributed by atoms with Crippen LogP contribution < -0.4 is 5.32 Å². The summed E-state index contributed by atoms with van der Waals surface area (Å²) in [5.41, 5.74) is 1.28. The molecule has 0 saturated heterocycles. The van der Waals surface area contributed by atoms with E-state index < -0.39 is 0 Å². The summed E-state index contributed by atoms with van der Waals surface area (Å²) in [6, 6.07) is 9.33. The summed E-state index contributed by atoms with van der Waals surface area (Å²) < 4.78 is 0. The Hall–Kier alpha value is -1.19. The van der Waals surface area contributed by atoms with Crippen molar-refractivity contribution >= 4 is 11.3 Å². The van der Waals surface area contributed by atoms with E-state index in [-0.39, 0.29) is 0 Å². The predicted molar refractivity (Wildman–Crippen MR) is 77.9 cm³/mol. The van der Waals surface area contributed by atoms with E-state index in [1.165, 1.54) is 15.3 Å². The Balaban J connectivity index is 2.01. The maximum atomic E-state index is 4.05. The van der Waals surface area contributed by atoms with Crippen LogP contribution in [0.5, 0.6) is 0 Å². The summed E-state index contributed by atoms with van der Waals surface area (Å²) in [7, 11) is 0. The van der Waals surface area contributed by atoms with E-state index in [1.54, 1.807) is 0 Å². The van der Waals surface area contributed by atoms with Gasteiger partial charge in [-0.1, -0.05) is 6.92 Å². The molecule has 0 spiro atoms. The number of thiophene rings is 1. The minimum atomic E-state index is 0.343. The molecule has 2 unspecified atom stereocenters. The highest BCUT2D eigenvalue weighted by Crippen LogP contribution is 2.25. The zero-order valence-electron chi connectivity index (χ0n) is 11.2. The summed E-state index contributed by atoms with van der Waals surface area (Å²) in [6.45, 7) is 6.62. The number of pyridine rings is 1. The number of nitrogens with zero attached hydrogens (tertiary/aromatic N) is 1. The van der Waals surface area contributed by atoms with Gasteiger partial charge in [0.15, 0.2) is 0 Å². The maximum Gasteiger partial charge on any atom is 0.0391 e. The van der Waals surface area contributed by atoms with Crippen molar-refractivity contribution < 1.29 is 0 Å². The monoisotopic (exact) mass is 260 g/mol. The molecule has 0 fully saturated rings. The molecule has 3 heteroatoms. The first-order chi connectivity index (χ1) is 8.70. The molecule has 0 aliphatic carbocycles. The fourth-order valence-corrected chi connectivity index (χ4v) is 2.99. The zero-order chi connectivity index (χ0) is 13.0. The third-order valence-electron chi connectivity index (χ3n) is 3.16. The molecule has 0 aromatic carbocycles. The van der Waals surface area contributed by atoms with E-state index >= 15 is 0 Å². The Labute approximate surface area is 113 Å². The third-order valence-corrected chi connectivity index (χ3v) is 4.58. The number of rotatable bonds is 5. The van der Waals surface area contributed by atoms with Crippen LogP contribution in [0, 0.1) is 0 Å². The average molecular weight is 260 g/mol. The zero-order valence-corrected chi connectivity index (χ0v) is 12.0. The molecular formula is C15H20N2S. The maximum absolute atomic E-state index is 4.05. The van der Waals surface area contributed by atoms with Gasteiger partial charge in [0, 0.05) is 34.2 Å². The van der Waals surface area contributed by atoms with Gasteiger partial charge in [-0.05, 0) is 50.1 Å². The fraction of sp³-hybridized carbons (Fsp3) is 0.400. The van der Waals surface area contributed by atoms with Crippen molar-refractivity contribution in [3.05, 3.63) is 52.0 Å². The van der Waals surface area contributed by atoms with Gasteiger partial charge in [-0.25, -0.2) is 0 Å². The first-order valence-electron chi connectivity index (χ1n) is 6.45. The molecule has 2 aromatic heterocycles. The molecule has 2 atom stereocenters. The fourth-order valence-electron chi connectivity index (χ4n) is 2.02. The summed E-state index contributed by atoms with van der Waals surface area (Å²) >= 11 is 1.90. The van der Waals surface area contributed by atoms with E-state index in [0.717, 1.165) is 6.42 Å². The quantitative estimate of drug-likeness (QED) is 0.875. The van der Waals surface area contributed by atoms with Crippen molar-refractivity contribution in [2.45, 2.75) is 39.3 Å². The van der Waals surface area contributed by atoms with Crippen molar-refractivity contribution in [2.24, 2.45) is 0 Å². The van der Waals surface area contributed by atoms with Crippen molar-refractivity contribution in [2.75, 3.05) is 0 Å². The summed E-state index contributed by atoms with van der Waals surface area (Å²) in [6.07, 6.45) is 4.81. The van der Waals surface area contributed by atoms with E-state index in [1.807, 2.05) is 23.7 Å². The Morgan fingerprint density at radius 2 is 1.83 bits per heavy atom. The number of nitrogens with one attached hydrogen (secondary N) is 1. The number of hydrogen-bond donors (Lipinski definition) is 1. The van der Waals surface area contributed by atoms with Crippen LogP contribution in [0.15, 0.2) is 36.7 Å². The smallest absolute Gasteiger partial charge is 0.0391 e. The third kappa shape index (κ3) is 3.18. The molecule has 18 heavy (non-hydrogen) atoms. The topological polar surface area (TPSA) is 24.9 Å². The van der Waals surface area contributed by atoms with Gasteiger partial charge in [0.2, 0.25) is 0 Å². The molecule has 2 aromatic rings. The first-order valence-corrected chi connectivity index (χ1v) is 7.27. The molecule has 0 bridgehead atoms. The normalized spacial score (nSPS) is 14.4. The second kappa shape index (κ2) is 6.12. The largest absolute Gasteiger partial charge is 0.303 e. The molecule has 1 N–H and O–H groups in total. The minimum absolute atomic E-state index is 0.343. The molecule has 96 valence electrons. The second-order valence-electron chi connectivity index (χ2n) is 4.55. The van der Waals surface area contributed by atoms with Gasteiger partial charge in [-0.15, -0.1) is 11.3 Å². The highest BCUT2D eigenvalue weighted by atomic mass is 32.1. The summed E-state index contributed by atoms with van der Waals surface area (Å²) in [5.74, 6) is 0. The van der Waals surface area contributed by atoms with Crippen LogP contribution in [-0.2, 0) is 6.42 Å². The average Bonchev–Trinajstić information content (AvgIpc) is 2.88. The lowest BCUT2D eigenvalue weighted by atomic mass is 10.1. The molecule has 0 radical (unpaired) electrons.